The Morgan fingerprint density at radius 1 is 0.811 bits per heavy atom. The van der Waals surface area contributed by atoms with Crippen molar-refractivity contribution in [1.29, 1.82) is 0 Å². The third kappa shape index (κ3) is 5.18. The molecule has 4 saturated heterocycles. The van der Waals surface area contributed by atoms with Crippen molar-refractivity contribution in [2.75, 3.05) is 6.61 Å². The van der Waals surface area contributed by atoms with E-state index in [0.29, 0.717) is 19.6 Å². The summed E-state index contributed by atoms with van der Waals surface area (Å²) in [5.74, 6) is -2.21. The van der Waals surface area contributed by atoms with Gasteiger partial charge in [-0.15, -0.1) is 0 Å². The maximum Gasteiger partial charge on any atom is 0.190 e. The summed E-state index contributed by atoms with van der Waals surface area (Å²) in [5.41, 5.74) is 1.81. The molecular weight excluding hydrogens is 482 g/mol. The predicted octanol–water partition coefficient (Wildman–Crippen LogP) is 3.26. The SMILES string of the molecule is CC1(C)O[C@H]2O[C@H]([C@@H]3CC([C@@H]4OC(C)(C)O[C@H]4[C@@H]4COC(C)(C)O4)=NO3)[C@H](OCc3ccccc3)[C@H]2O1. The van der Waals surface area contributed by atoms with Crippen molar-refractivity contribution in [3.8, 4) is 0 Å². The molecule has 5 aliphatic rings. The lowest BCUT2D eigenvalue weighted by molar-refractivity contribution is -0.232. The van der Waals surface area contributed by atoms with Gasteiger partial charge in [-0.25, -0.2) is 0 Å². The Balaban J connectivity index is 1.16. The second kappa shape index (κ2) is 9.24. The van der Waals surface area contributed by atoms with Crippen molar-refractivity contribution in [2.24, 2.45) is 5.16 Å². The molecule has 8 atom stereocenters. The van der Waals surface area contributed by atoms with Gasteiger partial charge in [0.05, 0.1) is 18.9 Å². The molecule has 0 aliphatic carbocycles. The molecule has 204 valence electrons. The van der Waals surface area contributed by atoms with Gasteiger partial charge in [0.15, 0.2) is 29.8 Å². The number of nitrogens with zero attached hydrogens (tertiary/aromatic N) is 1. The van der Waals surface area contributed by atoms with Crippen LogP contribution in [-0.4, -0.2) is 78.7 Å². The van der Waals surface area contributed by atoms with Crippen LogP contribution in [-0.2, 0) is 49.3 Å². The van der Waals surface area contributed by atoms with Crippen molar-refractivity contribution < 1.29 is 42.7 Å². The van der Waals surface area contributed by atoms with E-state index in [-0.39, 0.29) is 24.4 Å². The maximum absolute atomic E-state index is 6.39. The average Bonchev–Trinajstić information content (AvgIpc) is 3.61. The minimum Gasteiger partial charge on any atom is -0.389 e. The van der Waals surface area contributed by atoms with E-state index in [2.05, 4.69) is 5.16 Å². The van der Waals surface area contributed by atoms with E-state index < -0.39 is 42.0 Å². The Labute approximate surface area is 217 Å². The Morgan fingerprint density at radius 2 is 1.54 bits per heavy atom. The van der Waals surface area contributed by atoms with Crippen molar-refractivity contribution in [2.45, 2.75) is 121 Å². The van der Waals surface area contributed by atoms with Crippen LogP contribution in [0.5, 0.6) is 0 Å². The van der Waals surface area contributed by atoms with Crippen LogP contribution >= 0.6 is 0 Å². The van der Waals surface area contributed by atoms with E-state index in [1.165, 1.54) is 0 Å². The third-order valence-electron chi connectivity index (χ3n) is 7.25. The van der Waals surface area contributed by atoms with Crippen LogP contribution in [0, 0.1) is 0 Å². The van der Waals surface area contributed by atoms with Gasteiger partial charge in [-0.3, -0.25) is 0 Å². The van der Waals surface area contributed by atoms with E-state index in [9.17, 15) is 0 Å². The number of ether oxygens (including phenoxy) is 8. The summed E-state index contributed by atoms with van der Waals surface area (Å²) < 4.78 is 49.3. The van der Waals surface area contributed by atoms with Gasteiger partial charge >= 0.3 is 0 Å². The maximum atomic E-state index is 6.39. The first-order chi connectivity index (χ1) is 17.5. The molecule has 1 aromatic carbocycles. The summed E-state index contributed by atoms with van der Waals surface area (Å²) in [6.45, 7) is 12.2. The Bertz CT molecular complexity index is 1010. The molecule has 0 bridgehead atoms. The average molecular weight is 520 g/mol. The van der Waals surface area contributed by atoms with E-state index in [1.54, 1.807) is 0 Å². The van der Waals surface area contributed by atoms with Gasteiger partial charge in [0, 0.05) is 6.42 Å². The summed E-state index contributed by atoms with van der Waals surface area (Å²) in [4.78, 5) is 5.95. The lowest BCUT2D eigenvalue weighted by Crippen LogP contribution is -2.44. The van der Waals surface area contributed by atoms with Gasteiger partial charge in [-0.2, -0.15) is 0 Å². The lowest BCUT2D eigenvalue weighted by atomic mass is 9.96. The molecule has 10 heteroatoms. The zero-order valence-electron chi connectivity index (χ0n) is 22.2. The van der Waals surface area contributed by atoms with E-state index in [4.69, 9.17) is 42.7 Å². The number of benzene rings is 1. The largest absolute Gasteiger partial charge is 0.389 e. The second-order valence-corrected chi connectivity index (χ2v) is 11.6. The zero-order chi connectivity index (χ0) is 26.0. The fourth-order valence-electron chi connectivity index (χ4n) is 5.72. The first kappa shape index (κ1) is 25.6. The van der Waals surface area contributed by atoms with Crippen LogP contribution in [0.2, 0.25) is 0 Å². The molecule has 5 aliphatic heterocycles. The Kier molecular flexibility index (Phi) is 6.40. The summed E-state index contributed by atoms with van der Waals surface area (Å²) in [5, 5.41) is 4.44. The molecule has 0 unspecified atom stereocenters. The van der Waals surface area contributed by atoms with E-state index >= 15 is 0 Å². The standard InChI is InChI=1S/C27H37NO9/c1-25(2)30-14-18(32-25)21-19(33-26(3,4)34-21)16-12-17(37-28-16)20-22(29-13-15-10-8-7-9-11-15)23-24(31-20)36-27(5,6)35-23/h7-11,17-24H,12-14H2,1-6H3/t17-,18-,19-,20+,21-,22-,23+,24+/m0/s1. The van der Waals surface area contributed by atoms with E-state index in [0.717, 1.165) is 11.3 Å². The molecule has 0 amide bonds. The number of fused-ring (bicyclic) bond motifs is 1. The van der Waals surface area contributed by atoms with Crippen molar-refractivity contribution in [1.82, 2.24) is 0 Å². The quantitative estimate of drug-likeness (QED) is 0.561. The minimum absolute atomic E-state index is 0.281. The molecule has 0 spiro atoms. The Hall–Kier alpha value is -1.63. The van der Waals surface area contributed by atoms with Gasteiger partial charge in [-0.05, 0) is 47.1 Å². The van der Waals surface area contributed by atoms with Gasteiger partial charge in [0.25, 0.3) is 0 Å². The smallest absolute Gasteiger partial charge is 0.190 e. The molecule has 1 aromatic rings. The van der Waals surface area contributed by atoms with Gasteiger partial charge in [0.2, 0.25) is 0 Å². The minimum atomic E-state index is -0.790. The fraction of sp³-hybridized carbons (Fsp3) is 0.741. The molecular formula is C27H37NO9. The van der Waals surface area contributed by atoms with Crippen LogP contribution in [0.1, 0.15) is 53.5 Å². The summed E-state index contributed by atoms with van der Waals surface area (Å²) in [6, 6.07) is 10.0. The molecule has 0 saturated carbocycles. The van der Waals surface area contributed by atoms with Crippen molar-refractivity contribution >= 4 is 5.71 Å². The highest BCUT2D eigenvalue weighted by Gasteiger charge is 2.59. The van der Waals surface area contributed by atoms with Crippen LogP contribution in [0.15, 0.2) is 35.5 Å². The predicted molar refractivity (Wildman–Crippen MR) is 129 cm³/mol. The van der Waals surface area contributed by atoms with Crippen molar-refractivity contribution in [3.05, 3.63) is 35.9 Å². The lowest BCUT2D eigenvalue weighted by Gasteiger charge is -2.28. The van der Waals surface area contributed by atoms with Crippen LogP contribution < -0.4 is 0 Å². The highest BCUT2D eigenvalue weighted by Crippen LogP contribution is 2.43. The number of oxime groups is 1. The fourth-order valence-corrected chi connectivity index (χ4v) is 5.72. The Morgan fingerprint density at radius 3 is 2.27 bits per heavy atom. The first-order valence-corrected chi connectivity index (χ1v) is 13.1. The van der Waals surface area contributed by atoms with Gasteiger partial charge in [-0.1, -0.05) is 35.5 Å². The summed E-state index contributed by atoms with van der Waals surface area (Å²) >= 11 is 0. The van der Waals surface area contributed by atoms with Crippen molar-refractivity contribution in [3.63, 3.8) is 0 Å². The molecule has 0 radical (unpaired) electrons. The summed E-state index contributed by atoms with van der Waals surface area (Å²) in [7, 11) is 0. The molecule has 5 heterocycles. The van der Waals surface area contributed by atoms with E-state index in [1.807, 2.05) is 71.9 Å². The highest BCUT2D eigenvalue weighted by molar-refractivity contribution is 5.90. The van der Waals surface area contributed by atoms with Crippen LogP contribution in [0.25, 0.3) is 0 Å². The highest BCUT2D eigenvalue weighted by atomic mass is 16.8. The first-order valence-electron chi connectivity index (χ1n) is 13.1. The van der Waals surface area contributed by atoms with Crippen LogP contribution in [0.3, 0.4) is 0 Å². The zero-order valence-corrected chi connectivity index (χ0v) is 22.2. The number of rotatable bonds is 6. The second-order valence-electron chi connectivity index (χ2n) is 11.6. The molecule has 4 fully saturated rings. The van der Waals surface area contributed by atoms with Crippen LogP contribution in [0.4, 0.5) is 0 Å². The monoisotopic (exact) mass is 519 g/mol. The topological polar surface area (TPSA) is 95.4 Å². The summed E-state index contributed by atoms with van der Waals surface area (Å²) in [6.07, 6.45) is -2.73. The molecule has 6 rings (SSSR count). The number of hydrogen-bond acceptors (Lipinski definition) is 10. The molecule has 37 heavy (non-hydrogen) atoms. The normalized spacial score (nSPS) is 41.5. The van der Waals surface area contributed by atoms with Gasteiger partial charge < -0.3 is 42.7 Å². The molecule has 0 N–H and O–H groups in total. The number of hydrogen-bond donors (Lipinski definition) is 0. The van der Waals surface area contributed by atoms with Gasteiger partial charge in [0.1, 0.15) is 36.6 Å². The molecule has 0 aromatic heterocycles. The third-order valence-corrected chi connectivity index (χ3v) is 7.25. The molecule has 10 nitrogen and oxygen atoms in total.